The van der Waals surface area contributed by atoms with Crippen molar-refractivity contribution >= 4 is 0 Å². The first kappa shape index (κ1) is 14.8. The minimum atomic E-state index is 0.380. The lowest BCUT2D eigenvalue weighted by Gasteiger charge is -2.36. The van der Waals surface area contributed by atoms with Crippen LogP contribution in [0.5, 0.6) is 0 Å². The van der Waals surface area contributed by atoms with Gasteiger partial charge in [-0.3, -0.25) is 0 Å². The van der Waals surface area contributed by atoms with Crippen LogP contribution in [0.25, 0.3) is 0 Å². The maximum Gasteiger partial charge on any atom is 0.0133 e. The molecule has 1 aliphatic carbocycles. The lowest BCUT2D eigenvalue weighted by Crippen LogP contribution is -2.38. The molecule has 0 fully saturated rings. The van der Waals surface area contributed by atoms with Gasteiger partial charge in [0.2, 0.25) is 0 Å². The van der Waals surface area contributed by atoms with E-state index >= 15 is 0 Å². The molecule has 0 aromatic heterocycles. The molecule has 0 bridgehead atoms. The molecule has 17 heavy (non-hydrogen) atoms. The van der Waals surface area contributed by atoms with E-state index in [-0.39, 0.29) is 0 Å². The quantitative estimate of drug-likeness (QED) is 0.630. The predicted molar refractivity (Wildman–Crippen MR) is 77.3 cm³/mol. The number of hydrogen-bond acceptors (Lipinski definition) is 1. The van der Waals surface area contributed by atoms with Gasteiger partial charge in [0, 0.05) is 6.04 Å². The number of nitrogens with zero attached hydrogens (tertiary/aromatic N) is 1. The highest BCUT2D eigenvalue weighted by atomic mass is 15.1. The lowest BCUT2D eigenvalue weighted by atomic mass is 9.79. The molecule has 1 unspecified atom stereocenters. The molecule has 1 atom stereocenters. The van der Waals surface area contributed by atoms with Crippen LogP contribution in [-0.2, 0) is 0 Å². The molecule has 100 valence electrons. The topological polar surface area (TPSA) is 3.24 Å². The average molecular weight is 237 g/mol. The Kier molecular flexibility index (Phi) is 5.72. The van der Waals surface area contributed by atoms with Gasteiger partial charge in [0.15, 0.2) is 0 Å². The molecule has 0 radical (unpaired) electrons. The highest BCUT2D eigenvalue weighted by molar-refractivity contribution is 5.14. The fraction of sp³-hybridized carbons (Fsp3) is 0.875. The number of hydrogen-bond donors (Lipinski definition) is 0. The Hall–Kier alpha value is -0.300. The van der Waals surface area contributed by atoms with Crippen molar-refractivity contribution in [3.05, 3.63) is 11.6 Å². The van der Waals surface area contributed by atoms with Crippen molar-refractivity contribution in [3.8, 4) is 0 Å². The van der Waals surface area contributed by atoms with Crippen LogP contribution in [-0.4, -0.2) is 24.0 Å². The highest BCUT2D eigenvalue weighted by Crippen LogP contribution is 2.34. The average Bonchev–Trinajstić information content (AvgIpc) is 2.28. The van der Waals surface area contributed by atoms with Crippen molar-refractivity contribution in [2.75, 3.05) is 13.1 Å². The fourth-order valence-corrected chi connectivity index (χ4v) is 2.88. The molecule has 0 aromatic rings. The van der Waals surface area contributed by atoms with Gasteiger partial charge in [-0.2, -0.15) is 0 Å². The van der Waals surface area contributed by atoms with Crippen molar-refractivity contribution in [2.45, 2.75) is 72.8 Å². The third kappa shape index (κ3) is 4.46. The molecule has 0 amide bonds. The van der Waals surface area contributed by atoms with Crippen molar-refractivity contribution in [1.82, 2.24) is 4.90 Å². The van der Waals surface area contributed by atoms with Gasteiger partial charge in [-0.1, -0.05) is 46.3 Å². The first-order chi connectivity index (χ1) is 7.99. The zero-order valence-electron chi connectivity index (χ0n) is 12.6. The van der Waals surface area contributed by atoms with E-state index in [1.807, 2.05) is 0 Å². The maximum atomic E-state index is 2.70. The van der Waals surface area contributed by atoms with Gasteiger partial charge in [-0.25, -0.2) is 0 Å². The minimum absolute atomic E-state index is 0.380. The monoisotopic (exact) mass is 237 g/mol. The molecule has 0 aliphatic heterocycles. The van der Waals surface area contributed by atoms with Crippen LogP contribution in [0.1, 0.15) is 66.7 Å². The molecule has 1 aliphatic rings. The maximum absolute atomic E-state index is 2.70. The second-order valence-corrected chi connectivity index (χ2v) is 6.44. The lowest BCUT2D eigenvalue weighted by molar-refractivity contribution is 0.179. The van der Waals surface area contributed by atoms with Gasteiger partial charge >= 0.3 is 0 Å². The molecule has 0 N–H and O–H groups in total. The minimum Gasteiger partial charge on any atom is -0.300 e. The highest BCUT2D eigenvalue weighted by Gasteiger charge is 2.25. The van der Waals surface area contributed by atoms with E-state index in [4.69, 9.17) is 0 Å². The molecule has 1 rings (SSSR count). The van der Waals surface area contributed by atoms with Gasteiger partial charge in [-0.15, -0.1) is 0 Å². The van der Waals surface area contributed by atoms with Gasteiger partial charge < -0.3 is 4.90 Å². The van der Waals surface area contributed by atoms with E-state index < -0.39 is 0 Å². The first-order valence-electron chi connectivity index (χ1n) is 7.42. The van der Waals surface area contributed by atoms with Crippen LogP contribution in [0.2, 0.25) is 0 Å². The molecule has 0 saturated carbocycles. The third-order valence-electron chi connectivity index (χ3n) is 3.88. The Morgan fingerprint density at radius 2 is 1.76 bits per heavy atom. The SMILES string of the molecule is CCCN(CCC)C1CC=C(C(C)(C)C)CC1. The van der Waals surface area contributed by atoms with Gasteiger partial charge in [0.25, 0.3) is 0 Å². The summed E-state index contributed by atoms with van der Waals surface area (Å²) in [6.07, 6.45) is 9.03. The zero-order chi connectivity index (χ0) is 12.9. The van der Waals surface area contributed by atoms with Gasteiger partial charge in [-0.05, 0) is 50.6 Å². The van der Waals surface area contributed by atoms with Crippen molar-refractivity contribution in [3.63, 3.8) is 0 Å². The first-order valence-corrected chi connectivity index (χ1v) is 7.42. The molecule has 1 heteroatoms. The summed E-state index contributed by atoms with van der Waals surface area (Å²) in [6.45, 7) is 14.2. The Bertz CT molecular complexity index is 241. The van der Waals surface area contributed by atoms with Crippen molar-refractivity contribution < 1.29 is 0 Å². The summed E-state index contributed by atoms with van der Waals surface area (Å²) in [7, 11) is 0. The van der Waals surface area contributed by atoms with E-state index in [1.165, 1.54) is 45.2 Å². The van der Waals surface area contributed by atoms with Crippen LogP contribution in [0.3, 0.4) is 0 Å². The standard InChI is InChI=1S/C16H31N/c1-6-12-17(13-7-2)15-10-8-14(9-11-15)16(3,4)5/h8,15H,6-7,9-13H2,1-5H3. The van der Waals surface area contributed by atoms with Crippen LogP contribution >= 0.6 is 0 Å². The summed E-state index contributed by atoms with van der Waals surface area (Å²) in [5.74, 6) is 0. The summed E-state index contributed by atoms with van der Waals surface area (Å²) in [4.78, 5) is 2.70. The largest absolute Gasteiger partial charge is 0.300 e. The summed E-state index contributed by atoms with van der Waals surface area (Å²) in [5, 5.41) is 0. The van der Waals surface area contributed by atoms with Crippen molar-refractivity contribution in [1.29, 1.82) is 0 Å². The fourth-order valence-electron chi connectivity index (χ4n) is 2.88. The zero-order valence-corrected chi connectivity index (χ0v) is 12.6. The summed E-state index contributed by atoms with van der Waals surface area (Å²) in [6, 6.07) is 0.806. The van der Waals surface area contributed by atoms with Crippen LogP contribution in [0.15, 0.2) is 11.6 Å². The Balaban J connectivity index is 2.57. The van der Waals surface area contributed by atoms with E-state index in [0.717, 1.165) is 6.04 Å². The van der Waals surface area contributed by atoms with Crippen molar-refractivity contribution in [2.24, 2.45) is 5.41 Å². The van der Waals surface area contributed by atoms with Crippen LogP contribution in [0.4, 0.5) is 0 Å². The summed E-state index contributed by atoms with van der Waals surface area (Å²) >= 11 is 0. The second kappa shape index (κ2) is 6.58. The van der Waals surface area contributed by atoms with Crippen LogP contribution in [0, 0.1) is 5.41 Å². The van der Waals surface area contributed by atoms with E-state index in [9.17, 15) is 0 Å². The normalized spacial score (nSPS) is 21.8. The van der Waals surface area contributed by atoms with Gasteiger partial charge in [0.1, 0.15) is 0 Å². The predicted octanol–water partition coefficient (Wildman–Crippen LogP) is 4.63. The summed E-state index contributed by atoms with van der Waals surface area (Å²) in [5.41, 5.74) is 2.05. The van der Waals surface area contributed by atoms with Gasteiger partial charge in [0.05, 0.1) is 0 Å². The Morgan fingerprint density at radius 3 is 2.12 bits per heavy atom. The van der Waals surface area contributed by atoms with E-state index in [1.54, 1.807) is 5.57 Å². The Labute approximate surface area is 108 Å². The second-order valence-electron chi connectivity index (χ2n) is 6.44. The van der Waals surface area contributed by atoms with E-state index in [0.29, 0.717) is 5.41 Å². The van der Waals surface area contributed by atoms with Crippen LogP contribution < -0.4 is 0 Å². The third-order valence-corrected chi connectivity index (χ3v) is 3.88. The molecule has 0 heterocycles. The number of rotatable bonds is 5. The molecular weight excluding hydrogens is 206 g/mol. The summed E-state index contributed by atoms with van der Waals surface area (Å²) < 4.78 is 0. The molecule has 0 aromatic carbocycles. The molecular formula is C16H31N. The smallest absolute Gasteiger partial charge is 0.0133 e. The number of allylic oxidation sites excluding steroid dienone is 1. The molecule has 0 spiro atoms. The Morgan fingerprint density at radius 1 is 1.18 bits per heavy atom. The molecule has 0 saturated heterocycles. The molecule has 1 nitrogen and oxygen atoms in total. The van der Waals surface area contributed by atoms with E-state index in [2.05, 4.69) is 45.6 Å².